The first-order valence-electron chi connectivity index (χ1n) is 6.82. The Kier molecular flexibility index (Phi) is 3.40. The molecule has 0 fully saturated rings. The summed E-state index contributed by atoms with van der Waals surface area (Å²) in [5.41, 5.74) is 6.02. The van der Waals surface area contributed by atoms with E-state index in [0.717, 1.165) is 0 Å². The minimum atomic E-state index is -0.924. The summed E-state index contributed by atoms with van der Waals surface area (Å²) in [6.45, 7) is 0. The van der Waals surface area contributed by atoms with Gasteiger partial charge in [-0.05, 0) is 24.1 Å². The van der Waals surface area contributed by atoms with E-state index in [2.05, 4.69) is 0 Å². The number of nitro groups is 1. The van der Waals surface area contributed by atoms with Crippen LogP contribution in [-0.4, -0.2) is 10.7 Å². The Morgan fingerprint density at radius 2 is 1.95 bits per heavy atom. The molecule has 0 amide bonds. The number of nitrogens with zero attached hydrogens (tertiary/aromatic N) is 1. The molecule has 3 rings (SSSR count). The van der Waals surface area contributed by atoms with Crippen LogP contribution in [0.15, 0.2) is 47.2 Å². The molecular formula is C15H13FN2O4. The Morgan fingerprint density at radius 3 is 2.59 bits per heavy atom. The molecular weight excluding hydrogens is 291 g/mol. The average molecular weight is 304 g/mol. The zero-order chi connectivity index (χ0) is 15.9. The van der Waals surface area contributed by atoms with Crippen molar-refractivity contribution >= 4 is 5.78 Å². The predicted octanol–water partition coefficient (Wildman–Crippen LogP) is 2.35. The van der Waals surface area contributed by atoms with E-state index in [4.69, 9.17) is 10.5 Å². The summed E-state index contributed by atoms with van der Waals surface area (Å²) >= 11 is 0. The summed E-state index contributed by atoms with van der Waals surface area (Å²) in [7, 11) is 0. The smallest absolute Gasteiger partial charge is 0.317 e. The molecule has 1 aliphatic carbocycles. The maximum atomic E-state index is 13.1. The largest absolute Gasteiger partial charge is 0.440 e. The van der Waals surface area contributed by atoms with E-state index < -0.39 is 16.7 Å². The van der Waals surface area contributed by atoms with Gasteiger partial charge in [0.25, 0.3) is 5.88 Å². The van der Waals surface area contributed by atoms with E-state index in [0.29, 0.717) is 30.6 Å². The number of nitrogens with two attached hydrogens (primary N) is 1. The summed E-state index contributed by atoms with van der Waals surface area (Å²) in [5, 5.41) is 11.4. The van der Waals surface area contributed by atoms with Gasteiger partial charge >= 0.3 is 5.70 Å². The second kappa shape index (κ2) is 5.25. The molecule has 1 heterocycles. The Morgan fingerprint density at radius 1 is 1.27 bits per heavy atom. The molecule has 0 saturated carbocycles. The van der Waals surface area contributed by atoms with Gasteiger partial charge in [-0.15, -0.1) is 0 Å². The van der Waals surface area contributed by atoms with Gasteiger partial charge in [0.2, 0.25) is 0 Å². The molecule has 1 atom stereocenters. The van der Waals surface area contributed by atoms with Crippen molar-refractivity contribution in [2.75, 3.05) is 0 Å². The highest BCUT2D eigenvalue weighted by molar-refractivity contribution is 5.99. The summed E-state index contributed by atoms with van der Waals surface area (Å²) in [5.74, 6) is -1.50. The van der Waals surface area contributed by atoms with E-state index in [9.17, 15) is 19.3 Å². The van der Waals surface area contributed by atoms with E-state index in [1.54, 1.807) is 0 Å². The van der Waals surface area contributed by atoms with Crippen LogP contribution in [0.1, 0.15) is 30.7 Å². The van der Waals surface area contributed by atoms with Gasteiger partial charge in [-0.2, -0.15) is 0 Å². The third-order valence-corrected chi connectivity index (χ3v) is 3.86. The zero-order valence-electron chi connectivity index (χ0n) is 11.5. The van der Waals surface area contributed by atoms with Crippen LogP contribution >= 0.6 is 0 Å². The molecule has 114 valence electrons. The van der Waals surface area contributed by atoms with Crippen LogP contribution in [0.25, 0.3) is 0 Å². The highest BCUT2D eigenvalue weighted by Crippen LogP contribution is 2.43. The van der Waals surface area contributed by atoms with Crippen LogP contribution in [0, 0.1) is 15.9 Å². The van der Waals surface area contributed by atoms with E-state index in [1.807, 2.05) is 0 Å². The fraction of sp³-hybridized carbons (Fsp3) is 0.267. The molecule has 22 heavy (non-hydrogen) atoms. The first-order valence-corrected chi connectivity index (χ1v) is 6.82. The van der Waals surface area contributed by atoms with Gasteiger partial charge in [-0.3, -0.25) is 14.9 Å². The van der Waals surface area contributed by atoms with Gasteiger partial charge < -0.3 is 10.5 Å². The maximum absolute atomic E-state index is 13.1. The minimum absolute atomic E-state index is 0.192. The van der Waals surface area contributed by atoms with Crippen LogP contribution < -0.4 is 5.73 Å². The Hall–Kier alpha value is -2.70. The third kappa shape index (κ3) is 2.24. The molecule has 0 spiro atoms. The first kappa shape index (κ1) is 14.2. The highest BCUT2D eigenvalue weighted by Gasteiger charge is 2.43. The number of halogens is 1. The topological polar surface area (TPSA) is 95.5 Å². The fourth-order valence-electron chi connectivity index (χ4n) is 2.90. The summed E-state index contributed by atoms with van der Waals surface area (Å²) in [4.78, 5) is 23.0. The van der Waals surface area contributed by atoms with Gasteiger partial charge in [0.05, 0.1) is 10.5 Å². The van der Waals surface area contributed by atoms with Crippen molar-refractivity contribution in [2.45, 2.75) is 25.2 Å². The van der Waals surface area contributed by atoms with Crippen molar-refractivity contribution in [1.29, 1.82) is 0 Å². The number of hydrogen-bond donors (Lipinski definition) is 1. The molecule has 7 heteroatoms. The number of rotatable bonds is 2. The van der Waals surface area contributed by atoms with Crippen LogP contribution in [-0.2, 0) is 9.53 Å². The Balaban J connectivity index is 2.19. The molecule has 2 N–H and O–H groups in total. The number of Topliss-reactive ketones (excluding diaryl/α,β-unsaturated/α-hetero) is 1. The highest BCUT2D eigenvalue weighted by atomic mass is 19.1. The molecule has 0 radical (unpaired) electrons. The molecule has 1 aliphatic heterocycles. The molecule has 0 bridgehead atoms. The van der Waals surface area contributed by atoms with E-state index >= 15 is 0 Å². The number of carbonyl (C=O) groups is 1. The van der Waals surface area contributed by atoms with Gasteiger partial charge in [-0.25, -0.2) is 4.39 Å². The molecule has 2 aliphatic rings. The SMILES string of the molecule is NC1=C([N+](=O)[O-])[C@H](c2ccc(F)cc2)C2=C(CCCC2=O)O1. The monoisotopic (exact) mass is 304 g/mol. The standard InChI is InChI=1S/C15H13FN2O4/c16-9-6-4-8(5-7-9)12-13-10(19)2-1-3-11(13)22-15(17)14(12)18(20)21/h4-7,12H,1-3,17H2/t12-/m1/s1. The van der Waals surface area contributed by atoms with Gasteiger partial charge in [0, 0.05) is 12.8 Å². The summed E-state index contributed by atoms with van der Waals surface area (Å²) < 4.78 is 18.4. The van der Waals surface area contributed by atoms with Crippen molar-refractivity contribution in [1.82, 2.24) is 0 Å². The third-order valence-electron chi connectivity index (χ3n) is 3.86. The second-order valence-electron chi connectivity index (χ2n) is 5.21. The van der Waals surface area contributed by atoms with Crippen molar-refractivity contribution in [3.8, 4) is 0 Å². The Bertz CT molecular complexity index is 722. The normalized spacial score (nSPS) is 21.5. The minimum Gasteiger partial charge on any atom is -0.440 e. The van der Waals surface area contributed by atoms with Crippen molar-refractivity contribution in [3.63, 3.8) is 0 Å². The quantitative estimate of drug-likeness (QED) is 0.668. The van der Waals surface area contributed by atoms with Crippen molar-refractivity contribution in [2.24, 2.45) is 5.73 Å². The zero-order valence-corrected chi connectivity index (χ0v) is 11.5. The number of benzene rings is 1. The van der Waals surface area contributed by atoms with Gasteiger partial charge in [0.15, 0.2) is 5.78 Å². The van der Waals surface area contributed by atoms with Crippen LogP contribution in [0.2, 0.25) is 0 Å². The number of hydrogen-bond acceptors (Lipinski definition) is 5. The molecule has 1 aromatic rings. The molecule has 0 unspecified atom stereocenters. The van der Waals surface area contributed by atoms with Crippen molar-refractivity contribution < 1.29 is 18.8 Å². The average Bonchev–Trinajstić information content (AvgIpc) is 2.46. The summed E-state index contributed by atoms with van der Waals surface area (Å²) in [6.07, 6.45) is 1.43. The van der Waals surface area contributed by atoms with Crippen LogP contribution in [0.3, 0.4) is 0 Å². The number of carbonyl (C=O) groups excluding carboxylic acids is 1. The lowest BCUT2D eigenvalue weighted by molar-refractivity contribution is -0.433. The van der Waals surface area contributed by atoms with Crippen LogP contribution in [0.4, 0.5) is 4.39 Å². The molecule has 0 aromatic heterocycles. The fourth-order valence-corrected chi connectivity index (χ4v) is 2.90. The first-order chi connectivity index (χ1) is 10.5. The number of ether oxygens (including phenoxy) is 1. The van der Waals surface area contributed by atoms with E-state index in [1.165, 1.54) is 24.3 Å². The number of allylic oxidation sites excluding steroid dienone is 2. The lowest BCUT2D eigenvalue weighted by atomic mass is 9.80. The van der Waals surface area contributed by atoms with Gasteiger partial charge in [0.1, 0.15) is 17.5 Å². The predicted molar refractivity (Wildman–Crippen MR) is 74.3 cm³/mol. The molecule has 6 nitrogen and oxygen atoms in total. The Labute approximate surface area is 125 Å². The maximum Gasteiger partial charge on any atom is 0.317 e. The molecule has 1 aromatic carbocycles. The lowest BCUT2D eigenvalue weighted by Crippen LogP contribution is -2.30. The number of ketones is 1. The lowest BCUT2D eigenvalue weighted by Gasteiger charge is -2.29. The second-order valence-corrected chi connectivity index (χ2v) is 5.21. The van der Waals surface area contributed by atoms with E-state index in [-0.39, 0.29) is 22.9 Å². The van der Waals surface area contributed by atoms with Crippen molar-refractivity contribution in [3.05, 3.63) is 68.7 Å². The molecule has 0 saturated heterocycles. The van der Waals surface area contributed by atoms with Crippen LogP contribution in [0.5, 0.6) is 0 Å². The van der Waals surface area contributed by atoms with Gasteiger partial charge in [-0.1, -0.05) is 12.1 Å². The summed E-state index contributed by atoms with van der Waals surface area (Å²) in [6, 6.07) is 5.25.